The number of benzene rings is 3. The third-order valence-electron chi connectivity index (χ3n) is 7.45. The van der Waals surface area contributed by atoms with Gasteiger partial charge in [0.25, 0.3) is 5.91 Å². The molecule has 6 nitrogen and oxygen atoms in total. The first-order valence-corrected chi connectivity index (χ1v) is 12.1. The molecule has 0 saturated heterocycles. The van der Waals surface area contributed by atoms with E-state index in [9.17, 15) is 9.59 Å². The Labute approximate surface area is 208 Å². The number of ether oxygens (including phenoxy) is 1. The van der Waals surface area contributed by atoms with Crippen LogP contribution in [0.25, 0.3) is 6.08 Å². The SMILES string of the molecule is O=C1NCN(C23C(=Cc4ccccc42)Cc2ccccc23)n2ccc(=O)c(OCc3ccccc3)c21. The van der Waals surface area contributed by atoms with Gasteiger partial charge in [-0.1, -0.05) is 84.9 Å². The molecule has 3 aromatic carbocycles. The quantitative estimate of drug-likeness (QED) is 0.487. The average molecular weight is 474 g/mol. The van der Waals surface area contributed by atoms with E-state index in [2.05, 4.69) is 64.9 Å². The Morgan fingerprint density at radius 3 is 2.47 bits per heavy atom. The van der Waals surface area contributed by atoms with Crippen molar-refractivity contribution >= 4 is 12.0 Å². The Morgan fingerprint density at radius 1 is 0.861 bits per heavy atom. The molecule has 1 atom stereocenters. The Kier molecular flexibility index (Phi) is 4.45. The summed E-state index contributed by atoms with van der Waals surface area (Å²) in [5.41, 5.74) is 6.25. The molecule has 1 N–H and O–H groups in total. The van der Waals surface area contributed by atoms with Crippen molar-refractivity contribution in [1.82, 2.24) is 9.99 Å². The maximum Gasteiger partial charge on any atom is 0.275 e. The van der Waals surface area contributed by atoms with Gasteiger partial charge in [-0.25, -0.2) is 0 Å². The van der Waals surface area contributed by atoms with Gasteiger partial charge in [0.15, 0.2) is 11.4 Å². The minimum atomic E-state index is -0.596. The molecule has 1 amide bonds. The monoisotopic (exact) mass is 473 g/mol. The van der Waals surface area contributed by atoms with Gasteiger partial charge < -0.3 is 10.1 Å². The molecule has 0 bridgehead atoms. The van der Waals surface area contributed by atoms with E-state index in [4.69, 9.17) is 4.74 Å². The van der Waals surface area contributed by atoms with Crippen molar-refractivity contribution in [1.29, 1.82) is 0 Å². The molecule has 0 radical (unpaired) electrons. The lowest BCUT2D eigenvalue weighted by Crippen LogP contribution is -2.61. The van der Waals surface area contributed by atoms with E-state index in [1.807, 2.05) is 35.0 Å². The molecule has 1 aliphatic heterocycles. The van der Waals surface area contributed by atoms with Crippen LogP contribution in [0.5, 0.6) is 5.75 Å². The van der Waals surface area contributed by atoms with Crippen LogP contribution in [0.1, 0.15) is 38.3 Å². The molecule has 1 aromatic heterocycles. The van der Waals surface area contributed by atoms with Crippen molar-refractivity contribution in [2.24, 2.45) is 0 Å². The number of nitrogens with one attached hydrogen (secondary N) is 1. The Hall–Kier alpha value is -4.58. The van der Waals surface area contributed by atoms with E-state index < -0.39 is 5.54 Å². The molecule has 7 rings (SSSR count). The van der Waals surface area contributed by atoms with Gasteiger partial charge in [0.05, 0.1) is 0 Å². The fourth-order valence-electron chi connectivity index (χ4n) is 5.96. The minimum Gasteiger partial charge on any atom is -0.482 e. The number of pyridine rings is 1. The van der Waals surface area contributed by atoms with Gasteiger partial charge in [-0.3, -0.25) is 19.3 Å². The average Bonchev–Trinajstić information content (AvgIpc) is 3.40. The molecule has 0 saturated carbocycles. The zero-order valence-corrected chi connectivity index (χ0v) is 19.5. The van der Waals surface area contributed by atoms with Gasteiger partial charge >= 0.3 is 0 Å². The van der Waals surface area contributed by atoms with Crippen LogP contribution in [-0.4, -0.2) is 17.3 Å². The molecule has 3 aliphatic rings. The van der Waals surface area contributed by atoms with Crippen molar-refractivity contribution in [2.75, 3.05) is 11.7 Å². The first kappa shape index (κ1) is 20.8. The van der Waals surface area contributed by atoms with Crippen LogP contribution in [0.2, 0.25) is 0 Å². The molecule has 2 heterocycles. The summed E-state index contributed by atoms with van der Waals surface area (Å²) in [6, 6.07) is 28.0. The zero-order chi connectivity index (χ0) is 24.3. The number of nitrogens with zero attached hydrogens (tertiary/aromatic N) is 2. The van der Waals surface area contributed by atoms with Crippen molar-refractivity contribution in [2.45, 2.75) is 18.6 Å². The van der Waals surface area contributed by atoms with Crippen molar-refractivity contribution in [3.05, 3.63) is 140 Å². The second kappa shape index (κ2) is 7.71. The summed E-state index contributed by atoms with van der Waals surface area (Å²) in [4.78, 5) is 26.2. The lowest BCUT2D eigenvalue weighted by Gasteiger charge is -2.47. The molecular formula is C30H23N3O3. The Morgan fingerprint density at radius 2 is 1.61 bits per heavy atom. The first-order valence-electron chi connectivity index (χ1n) is 12.1. The van der Waals surface area contributed by atoms with Crippen LogP contribution in [0.15, 0.2) is 101 Å². The highest BCUT2D eigenvalue weighted by Crippen LogP contribution is 2.55. The van der Waals surface area contributed by atoms with Crippen LogP contribution in [0.4, 0.5) is 0 Å². The molecular weight excluding hydrogens is 450 g/mol. The van der Waals surface area contributed by atoms with Gasteiger partial charge in [-0.05, 0) is 39.8 Å². The number of fused-ring (bicyclic) bond motifs is 6. The maximum absolute atomic E-state index is 13.2. The van der Waals surface area contributed by atoms with Crippen molar-refractivity contribution in [3.8, 4) is 5.75 Å². The van der Waals surface area contributed by atoms with Gasteiger partial charge in [0.2, 0.25) is 5.43 Å². The van der Waals surface area contributed by atoms with E-state index in [0.29, 0.717) is 0 Å². The summed E-state index contributed by atoms with van der Waals surface area (Å²) in [7, 11) is 0. The molecule has 6 heteroatoms. The van der Waals surface area contributed by atoms with E-state index >= 15 is 0 Å². The largest absolute Gasteiger partial charge is 0.482 e. The second-order valence-electron chi connectivity index (χ2n) is 9.34. The smallest absolute Gasteiger partial charge is 0.275 e. The number of carbonyl (C=O) groups is 1. The third-order valence-corrected chi connectivity index (χ3v) is 7.45. The van der Waals surface area contributed by atoms with Crippen LogP contribution >= 0.6 is 0 Å². The molecule has 0 fully saturated rings. The lowest BCUT2D eigenvalue weighted by atomic mass is 9.83. The Balaban J connectivity index is 1.42. The second-order valence-corrected chi connectivity index (χ2v) is 9.34. The van der Waals surface area contributed by atoms with Crippen molar-refractivity contribution < 1.29 is 9.53 Å². The summed E-state index contributed by atoms with van der Waals surface area (Å²) in [5.74, 6) is -0.269. The Bertz CT molecular complexity index is 1620. The summed E-state index contributed by atoms with van der Waals surface area (Å²) in [5, 5.41) is 5.17. The summed E-state index contributed by atoms with van der Waals surface area (Å²) in [6.45, 7) is 0.481. The van der Waals surface area contributed by atoms with Crippen molar-refractivity contribution in [3.63, 3.8) is 0 Å². The van der Waals surface area contributed by atoms with Crippen LogP contribution in [0.3, 0.4) is 0 Å². The van der Waals surface area contributed by atoms with Crippen LogP contribution in [-0.2, 0) is 18.6 Å². The van der Waals surface area contributed by atoms with Gasteiger partial charge in [-0.15, -0.1) is 0 Å². The topological polar surface area (TPSA) is 63.6 Å². The van der Waals surface area contributed by atoms with Crippen LogP contribution in [0, 0.1) is 0 Å². The highest BCUT2D eigenvalue weighted by molar-refractivity contribution is 5.96. The molecule has 36 heavy (non-hydrogen) atoms. The van der Waals surface area contributed by atoms with E-state index in [0.717, 1.165) is 17.5 Å². The van der Waals surface area contributed by atoms with E-state index in [-0.39, 0.29) is 36.1 Å². The van der Waals surface area contributed by atoms with Crippen LogP contribution < -0.4 is 20.5 Å². The number of hydrogen-bond acceptors (Lipinski definition) is 4. The highest BCUT2D eigenvalue weighted by Gasteiger charge is 2.54. The third kappa shape index (κ3) is 2.78. The predicted octanol–water partition coefficient (Wildman–Crippen LogP) is 3.96. The molecule has 176 valence electrons. The fourth-order valence-corrected chi connectivity index (χ4v) is 5.96. The number of amides is 1. The summed E-state index contributed by atoms with van der Waals surface area (Å²) >= 11 is 0. The molecule has 4 aromatic rings. The summed E-state index contributed by atoms with van der Waals surface area (Å²) in [6.07, 6.45) is 4.78. The number of aromatic nitrogens is 1. The summed E-state index contributed by atoms with van der Waals surface area (Å²) < 4.78 is 7.83. The number of carbonyl (C=O) groups excluding carboxylic acids is 1. The number of rotatable bonds is 4. The predicted molar refractivity (Wildman–Crippen MR) is 137 cm³/mol. The van der Waals surface area contributed by atoms with Gasteiger partial charge in [0, 0.05) is 12.3 Å². The zero-order valence-electron chi connectivity index (χ0n) is 19.5. The van der Waals surface area contributed by atoms with Gasteiger partial charge in [-0.2, -0.15) is 0 Å². The number of hydrogen-bond donors (Lipinski definition) is 1. The normalized spacial score (nSPS) is 19.1. The van der Waals surface area contributed by atoms with E-state index in [1.165, 1.54) is 28.3 Å². The molecule has 1 unspecified atom stereocenters. The molecule has 2 aliphatic carbocycles. The fraction of sp³-hybridized carbons (Fsp3) is 0.133. The standard InChI is InChI=1S/C30H23N3O3/c34-26-14-15-32-27(28(26)36-18-20-8-2-1-3-9-20)29(35)31-19-33(32)30-23(16-21-10-4-6-12-24(21)30)17-22-11-5-7-13-25(22)30/h1-16H,17-19H2,(H,31,35). The highest BCUT2D eigenvalue weighted by atomic mass is 16.5. The maximum atomic E-state index is 13.2. The van der Waals surface area contributed by atoms with E-state index in [1.54, 1.807) is 6.20 Å². The van der Waals surface area contributed by atoms with Gasteiger partial charge in [0.1, 0.15) is 18.8 Å². The lowest BCUT2D eigenvalue weighted by molar-refractivity contribution is 0.0908. The first-order chi connectivity index (χ1) is 17.7. The molecule has 0 spiro atoms. The minimum absolute atomic E-state index is 0.0584.